The summed E-state index contributed by atoms with van der Waals surface area (Å²) >= 11 is 0. The third-order valence-corrected chi connectivity index (χ3v) is 5.30. The fraction of sp³-hybridized carbons (Fsp3) is 0.450. The van der Waals surface area contributed by atoms with Gasteiger partial charge >= 0.3 is 0 Å². The second-order valence-corrected chi connectivity index (χ2v) is 7.14. The molecule has 0 saturated carbocycles. The quantitative estimate of drug-likeness (QED) is 0.826. The lowest BCUT2D eigenvalue weighted by Gasteiger charge is -2.50. The number of amides is 1. The zero-order valence-electron chi connectivity index (χ0n) is 14.9. The summed E-state index contributed by atoms with van der Waals surface area (Å²) in [6.45, 7) is 4.64. The van der Waals surface area contributed by atoms with Crippen molar-refractivity contribution in [3.63, 3.8) is 0 Å². The summed E-state index contributed by atoms with van der Waals surface area (Å²) in [6, 6.07) is 5.66. The molecule has 2 aromatic heterocycles. The van der Waals surface area contributed by atoms with Crippen LogP contribution >= 0.6 is 0 Å². The van der Waals surface area contributed by atoms with Crippen LogP contribution in [0.4, 0.5) is 0 Å². The predicted molar refractivity (Wildman–Crippen MR) is 96.0 cm³/mol. The van der Waals surface area contributed by atoms with Crippen LogP contribution in [0.5, 0.6) is 5.75 Å². The Balaban J connectivity index is 1.32. The van der Waals surface area contributed by atoms with E-state index in [2.05, 4.69) is 9.97 Å². The number of carbonyl (C=O) groups is 1. The maximum Gasteiger partial charge on any atom is 0.255 e. The van der Waals surface area contributed by atoms with Gasteiger partial charge in [0.15, 0.2) is 0 Å². The molecule has 2 aromatic rings. The highest BCUT2D eigenvalue weighted by Gasteiger charge is 2.54. The molecule has 2 aliphatic rings. The van der Waals surface area contributed by atoms with Crippen LogP contribution in [0.15, 0.2) is 43.0 Å². The van der Waals surface area contributed by atoms with Gasteiger partial charge in [-0.1, -0.05) is 0 Å². The van der Waals surface area contributed by atoms with Crippen molar-refractivity contribution in [3.05, 3.63) is 54.1 Å². The molecule has 0 bridgehead atoms. The molecule has 0 aliphatic carbocycles. The third kappa shape index (κ3) is 3.29. The number of aryl methyl sites for hydroxylation is 1. The SMILES string of the molecule is Cc1cncc(C(=O)N2CC3(C2)OCC[C@H]3CCOc2cccnc2)c1. The number of pyridine rings is 2. The molecular formula is C20H23N3O3. The Labute approximate surface area is 153 Å². The number of hydrogen-bond donors (Lipinski definition) is 0. The van der Waals surface area contributed by atoms with Gasteiger partial charge in [0.25, 0.3) is 5.91 Å². The number of likely N-dealkylation sites (tertiary alicyclic amines) is 1. The molecule has 4 heterocycles. The minimum absolute atomic E-state index is 0.0349. The van der Waals surface area contributed by atoms with Gasteiger partial charge in [-0.3, -0.25) is 14.8 Å². The van der Waals surface area contributed by atoms with E-state index in [0.717, 1.165) is 30.8 Å². The molecule has 6 nitrogen and oxygen atoms in total. The van der Waals surface area contributed by atoms with Crippen LogP contribution in [0.1, 0.15) is 28.8 Å². The molecule has 2 aliphatic heterocycles. The van der Waals surface area contributed by atoms with E-state index in [0.29, 0.717) is 31.2 Å². The molecule has 0 unspecified atom stereocenters. The Morgan fingerprint density at radius 1 is 1.35 bits per heavy atom. The Morgan fingerprint density at radius 2 is 2.23 bits per heavy atom. The van der Waals surface area contributed by atoms with Gasteiger partial charge in [0.05, 0.1) is 31.5 Å². The lowest BCUT2D eigenvalue weighted by atomic mass is 9.79. The van der Waals surface area contributed by atoms with Gasteiger partial charge in [-0.25, -0.2) is 0 Å². The van der Waals surface area contributed by atoms with Gasteiger partial charge in [-0.05, 0) is 49.4 Å². The second kappa shape index (κ2) is 7.03. The molecule has 2 saturated heterocycles. The standard InChI is InChI=1S/C20H23N3O3/c1-15-9-16(11-22-10-15)19(24)23-13-20(14-23)17(5-8-26-20)4-7-25-18-3-2-6-21-12-18/h2-3,6,9-12,17H,4-5,7-8,13-14H2,1H3/t17-/m1/s1. The first-order chi connectivity index (χ1) is 12.7. The smallest absolute Gasteiger partial charge is 0.255 e. The van der Waals surface area contributed by atoms with Crippen molar-refractivity contribution in [2.24, 2.45) is 5.92 Å². The van der Waals surface area contributed by atoms with Gasteiger partial charge < -0.3 is 14.4 Å². The molecule has 136 valence electrons. The second-order valence-electron chi connectivity index (χ2n) is 7.14. The summed E-state index contributed by atoms with van der Waals surface area (Å²) in [4.78, 5) is 22.7. The topological polar surface area (TPSA) is 64.6 Å². The number of nitrogens with zero attached hydrogens (tertiary/aromatic N) is 3. The molecule has 26 heavy (non-hydrogen) atoms. The van der Waals surface area contributed by atoms with Crippen LogP contribution in [-0.4, -0.2) is 52.7 Å². The van der Waals surface area contributed by atoms with E-state index >= 15 is 0 Å². The van der Waals surface area contributed by atoms with Gasteiger partial charge in [-0.2, -0.15) is 0 Å². The van der Waals surface area contributed by atoms with Gasteiger partial charge in [0.1, 0.15) is 11.4 Å². The van der Waals surface area contributed by atoms with Crippen molar-refractivity contribution in [3.8, 4) is 5.75 Å². The van der Waals surface area contributed by atoms with Gasteiger partial charge in [0.2, 0.25) is 0 Å². The maximum absolute atomic E-state index is 12.6. The predicted octanol–water partition coefficient (Wildman–Crippen LogP) is 2.49. The fourth-order valence-electron chi connectivity index (χ4n) is 3.89. The molecular weight excluding hydrogens is 330 g/mol. The molecule has 1 amide bonds. The van der Waals surface area contributed by atoms with Crippen LogP contribution in [-0.2, 0) is 4.74 Å². The van der Waals surface area contributed by atoms with E-state index in [1.54, 1.807) is 24.8 Å². The first-order valence-corrected chi connectivity index (χ1v) is 9.04. The van der Waals surface area contributed by atoms with E-state index in [1.807, 2.05) is 30.0 Å². The Kier molecular flexibility index (Phi) is 4.59. The summed E-state index contributed by atoms with van der Waals surface area (Å²) in [5.74, 6) is 1.24. The number of carbonyl (C=O) groups excluding carboxylic acids is 1. The van der Waals surface area contributed by atoms with E-state index in [9.17, 15) is 4.79 Å². The van der Waals surface area contributed by atoms with Crippen LogP contribution < -0.4 is 4.74 Å². The summed E-state index contributed by atoms with van der Waals surface area (Å²) in [5.41, 5.74) is 1.44. The van der Waals surface area contributed by atoms with Crippen molar-refractivity contribution >= 4 is 5.91 Å². The molecule has 1 atom stereocenters. The lowest BCUT2D eigenvalue weighted by molar-refractivity contribution is -0.119. The van der Waals surface area contributed by atoms with Crippen molar-refractivity contribution < 1.29 is 14.3 Å². The van der Waals surface area contributed by atoms with E-state index in [-0.39, 0.29) is 11.5 Å². The minimum atomic E-state index is -0.203. The number of aromatic nitrogens is 2. The normalized spacial score (nSPS) is 20.8. The van der Waals surface area contributed by atoms with Crippen LogP contribution in [0.3, 0.4) is 0 Å². The summed E-state index contributed by atoms with van der Waals surface area (Å²) in [6.07, 6.45) is 8.78. The highest BCUT2D eigenvalue weighted by atomic mass is 16.5. The zero-order valence-corrected chi connectivity index (χ0v) is 14.9. The zero-order chi connectivity index (χ0) is 18.0. The van der Waals surface area contributed by atoms with Crippen LogP contribution in [0.2, 0.25) is 0 Å². The third-order valence-electron chi connectivity index (χ3n) is 5.30. The summed E-state index contributed by atoms with van der Waals surface area (Å²) < 4.78 is 11.8. The molecule has 1 spiro atoms. The van der Waals surface area contributed by atoms with Crippen molar-refractivity contribution in [2.45, 2.75) is 25.4 Å². The monoisotopic (exact) mass is 353 g/mol. The summed E-state index contributed by atoms with van der Waals surface area (Å²) in [7, 11) is 0. The first-order valence-electron chi connectivity index (χ1n) is 9.04. The molecule has 4 rings (SSSR count). The van der Waals surface area contributed by atoms with Crippen molar-refractivity contribution in [1.29, 1.82) is 0 Å². The summed E-state index contributed by atoms with van der Waals surface area (Å²) in [5, 5.41) is 0. The largest absolute Gasteiger partial charge is 0.492 e. The maximum atomic E-state index is 12.6. The molecule has 6 heteroatoms. The molecule has 0 radical (unpaired) electrons. The lowest BCUT2D eigenvalue weighted by Crippen LogP contribution is -2.66. The van der Waals surface area contributed by atoms with Crippen LogP contribution in [0, 0.1) is 12.8 Å². The highest BCUT2D eigenvalue weighted by molar-refractivity contribution is 5.94. The van der Waals surface area contributed by atoms with Crippen LogP contribution in [0.25, 0.3) is 0 Å². The average molecular weight is 353 g/mol. The van der Waals surface area contributed by atoms with E-state index in [4.69, 9.17) is 9.47 Å². The van der Waals surface area contributed by atoms with E-state index in [1.165, 1.54) is 0 Å². The van der Waals surface area contributed by atoms with Gasteiger partial charge in [-0.15, -0.1) is 0 Å². The molecule has 0 N–H and O–H groups in total. The van der Waals surface area contributed by atoms with Gasteiger partial charge in [0, 0.05) is 25.2 Å². The highest BCUT2D eigenvalue weighted by Crippen LogP contribution is 2.42. The van der Waals surface area contributed by atoms with E-state index < -0.39 is 0 Å². The first kappa shape index (κ1) is 17.0. The fourth-order valence-corrected chi connectivity index (χ4v) is 3.89. The number of ether oxygens (including phenoxy) is 2. The average Bonchev–Trinajstić information content (AvgIpc) is 3.05. The Bertz CT molecular complexity index is 775. The Hall–Kier alpha value is -2.47. The minimum Gasteiger partial charge on any atom is -0.492 e. The number of rotatable bonds is 5. The van der Waals surface area contributed by atoms with Crippen molar-refractivity contribution in [1.82, 2.24) is 14.9 Å². The van der Waals surface area contributed by atoms with Crippen molar-refractivity contribution in [2.75, 3.05) is 26.3 Å². The molecule has 0 aromatic carbocycles. The number of hydrogen-bond acceptors (Lipinski definition) is 5. The molecule has 2 fully saturated rings. The Morgan fingerprint density at radius 3 is 3.00 bits per heavy atom.